The van der Waals surface area contributed by atoms with E-state index in [2.05, 4.69) is 28.4 Å². The van der Waals surface area contributed by atoms with Gasteiger partial charge in [-0.3, -0.25) is 9.59 Å². The summed E-state index contributed by atoms with van der Waals surface area (Å²) in [6.07, 6.45) is 5.20. The Morgan fingerprint density at radius 3 is 2.49 bits per heavy atom. The van der Waals surface area contributed by atoms with E-state index in [-0.39, 0.29) is 66.0 Å². The summed E-state index contributed by atoms with van der Waals surface area (Å²) >= 11 is 5.93. The maximum absolute atomic E-state index is 15.2. The van der Waals surface area contributed by atoms with Gasteiger partial charge in [0, 0.05) is 30.6 Å². The van der Waals surface area contributed by atoms with Crippen LogP contribution >= 0.6 is 11.6 Å². The van der Waals surface area contributed by atoms with Gasteiger partial charge in [0.15, 0.2) is 11.6 Å². The highest BCUT2D eigenvalue weighted by Gasteiger charge is 2.73. The van der Waals surface area contributed by atoms with Gasteiger partial charge in [-0.2, -0.15) is 0 Å². The first-order valence-corrected chi connectivity index (χ1v) is 21.6. The van der Waals surface area contributed by atoms with E-state index in [1.54, 1.807) is 25.3 Å². The molecule has 1 heterocycles. The van der Waals surface area contributed by atoms with Gasteiger partial charge in [0.1, 0.15) is 28.9 Å². The molecule has 4 fully saturated rings. The number of aryl methyl sites for hydroxylation is 2. The largest absolute Gasteiger partial charge is 0.496 e. The summed E-state index contributed by atoms with van der Waals surface area (Å²) in [6.45, 7) is 2.56. The molecule has 3 aliphatic carbocycles. The van der Waals surface area contributed by atoms with Crippen LogP contribution in [0.15, 0.2) is 78.9 Å². The van der Waals surface area contributed by atoms with E-state index in [4.69, 9.17) is 25.8 Å². The van der Waals surface area contributed by atoms with Crippen molar-refractivity contribution in [1.82, 2.24) is 15.1 Å². The number of ether oxygens (including phenoxy) is 3. The third-order valence-electron chi connectivity index (χ3n) is 13.3. The first-order chi connectivity index (χ1) is 30.4. The van der Waals surface area contributed by atoms with E-state index in [1.165, 1.54) is 6.07 Å². The molecule has 63 heavy (non-hydrogen) atoms. The lowest BCUT2D eigenvalue weighted by molar-refractivity contribution is -0.763. The second-order valence-corrected chi connectivity index (χ2v) is 17.5. The van der Waals surface area contributed by atoms with Crippen molar-refractivity contribution in [1.29, 1.82) is 0 Å². The minimum Gasteiger partial charge on any atom is -0.496 e. The fourth-order valence-electron chi connectivity index (χ4n) is 10.4. The molecule has 3 amide bonds. The van der Waals surface area contributed by atoms with Crippen molar-refractivity contribution in [2.75, 3.05) is 20.3 Å². The SMILES string of the molecule is COc1ccc(CN(C(=O)C2C(c3ccc(CCCOc4c(F)ccc(F)c4Cl)cc3)CC34CC(CNC(=O)Oc5cccc(CO[N+](=O)[O-])c5)CC3N(C=O)C24)C2CC2)cc1C. The normalized spacial score (nSPS) is 23.2. The Bertz CT molecular complexity index is 2370. The molecular formula is C47H49ClF2N4O9. The minimum atomic E-state index is -0.890. The number of amides is 3. The molecular weight excluding hydrogens is 838 g/mol. The van der Waals surface area contributed by atoms with Crippen molar-refractivity contribution in [3.8, 4) is 17.2 Å². The van der Waals surface area contributed by atoms with E-state index in [0.717, 1.165) is 59.4 Å². The summed E-state index contributed by atoms with van der Waals surface area (Å²) in [5.74, 6) is -1.46. The number of likely N-dealkylation sites (tertiary alicyclic amines) is 1. The lowest BCUT2D eigenvalue weighted by Gasteiger charge is -2.58. The van der Waals surface area contributed by atoms with Crippen LogP contribution in [0.5, 0.6) is 17.2 Å². The fourth-order valence-corrected chi connectivity index (χ4v) is 10.6. The summed E-state index contributed by atoms with van der Waals surface area (Å²) in [6, 6.07) is 22.0. The number of carbonyl (C=O) groups excluding carboxylic acids is 3. The van der Waals surface area contributed by atoms with Crippen LogP contribution in [0.3, 0.4) is 0 Å². The number of hydrogen-bond donors (Lipinski definition) is 1. The van der Waals surface area contributed by atoms with Crippen molar-refractivity contribution in [2.24, 2.45) is 17.3 Å². The number of nitrogens with zero attached hydrogens (tertiary/aromatic N) is 3. The molecule has 1 N–H and O–H groups in total. The quantitative estimate of drug-likeness (QED) is 0.0342. The number of methoxy groups -OCH3 is 1. The molecule has 6 unspecified atom stereocenters. The van der Waals surface area contributed by atoms with E-state index in [9.17, 15) is 28.5 Å². The van der Waals surface area contributed by atoms with Crippen LogP contribution in [-0.4, -0.2) is 71.7 Å². The Kier molecular flexibility index (Phi) is 12.8. The van der Waals surface area contributed by atoms with Crippen molar-refractivity contribution < 1.29 is 47.3 Å². The molecule has 8 rings (SSSR count). The molecule has 0 bridgehead atoms. The number of nitrogens with one attached hydrogen (secondary N) is 1. The number of hydrogen-bond acceptors (Lipinski definition) is 9. The molecule has 0 aromatic heterocycles. The standard InChI is InChI=1S/C47H49ClF2N4O9/c1-28-19-30(10-17-39(28)60-2)25-52(34-13-14-34)45(56)41-36(33-11-8-29(9-12-33)6-4-18-61-43-38(50)16-15-37(49)42(43)48)23-47-22-32(21-40(47)53(27-55)44(41)47)24-51-46(57)63-35-7-3-5-31(20-35)26-62-54(58)59/h3,5,7-12,15-17,19-20,27,32,34,36,40-41,44H,4,6,13-14,18,21-26H2,1-2H3,(H,51,57). The van der Waals surface area contributed by atoms with Gasteiger partial charge in [0.25, 0.3) is 5.09 Å². The Morgan fingerprint density at radius 1 is 1.02 bits per heavy atom. The average Bonchev–Trinajstić information content (AvgIpc) is 4.02. The van der Waals surface area contributed by atoms with E-state index < -0.39 is 33.8 Å². The Morgan fingerprint density at radius 2 is 1.78 bits per heavy atom. The third-order valence-corrected chi connectivity index (χ3v) is 13.6. The molecule has 0 radical (unpaired) electrons. The molecule has 4 aromatic rings. The van der Waals surface area contributed by atoms with Gasteiger partial charge in [-0.05, 0) is 122 Å². The van der Waals surface area contributed by atoms with Crippen LogP contribution in [-0.2, 0) is 34.0 Å². The van der Waals surface area contributed by atoms with Crippen LogP contribution in [0.2, 0.25) is 5.02 Å². The molecule has 13 nitrogen and oxygen atoms in total. The summed E-state index contributed by atoms with van der Waals surface area (Å²) in [7, 11) is 1.63. The molecule has 4 aromatic carbocycles. The van der Waals surface area contributed by atoms with E-state index in [0.29, 0.717) is 50.8 Å². The highest BCUT2D eigenvalue weighted by atomic mass is 35.5. The molecule has 4 aliphatic rings. The minimum absolute atomic E-state index is 0.00599. The van der Waals surface area contributed by atoms with Gasteiger partial charge in [-0.25, -0.2) is 13.6 Å². The second-order valence-electron chi connectivity index (χ2n) is 17.2. The van der Waals surface area contributed by atoms with Gasteiger partial charge in [0.05, 0.1) is 25.7 Å². The predicted molar refractivity (Wildman–Crippen MR) is 227 cm³/mol. The number of rotatable bonds is 18. The van der Waals surface area contributed by atoms with Crippen LogP contribution in [0.4, 0.5) is 13.6 Å². The number of benzene rings is 4. The van der Waals surface area contributed by atoms with E-state index >= 15 is 4.79 Å². The Labute approximate surface area is 368 Å². The van der Waals surface area contributed by atoms with E-state index in [1.807, 2.05) is 41.0 Å². The topological polar surface area (TPSA) is 150 Å². The maximum atomic E-state index is 15.2. The van der Waals surface area contributed by atoms with Crippen molar-refractivity contribution >= 4 is 30.0 Å². The first-order valence-electron chi connectivity index (χ1n) is 21.2. The van der Waals surface area contributed by atoms with Gasteiger partial charge in [0.2, 0.25) is 12.3 Å². The molecule has 6 atom stereocenters. The zero-order valence-electron chi connectivity index (χ0n) is 35.0. The van der Waals surface area contributed by atoms with Crippen LogP contribution in [0.1, 0.15) is 72.3 Å². The second kappa shape index (κ2) is 18.4. The van der Waals surface area contributed by atoms with Crippen LogP contribution in [0, 0.1) is 45.9 Å². The molecule has 332 valence electrons. The van der Waals surface area contributed by atoms with Gasteiger partial charge < -0.3 is 34.2 Å². The van der Waals surface area contributed by atoms with Crippen molar-refractivity contribution in [2.45, 2.75) is 89.1 Å². The Balaban J connectivity index is 0.996. The predicted octanol–water partition coefficient (Wildman–Crippen LogP) is 8.34. The third kappa shape index (κ3) is 9.11. The average molecular weight is 887 g/mol. The van der Waals surface area contributed by atoms with Gasteiger partial charge >= 0.3 is 6.09 Å². The van der Waals surface area contributed by atoms with Gasteiger partial charge in [-0.15, -0.1) is 10.1 Å². The highest BCUT2D eigenvalue weighted by molar-refractivity contribution is 6.32. The summed E-state index contributed by atoms with van der Waals surface area (Å²) in [4.78, 5) is 60.1. The molecule has 1 saturated heterocycles. The summed E-state index contributed by atoms with van der Waals surface area (Å²) < 4.78 is 44.7. The summed E-state index contributed by atoms with van der Waals surface area (Å²) in [5.41, 5.74) is 4.11. The zero-order valence-corrected chi connectivity index (χ0v) is 35.7. The lowest BCUT2D eigenvalue weighted by atomic mass is 9.66. The smallest absolute Gasteiger partial charge is 0.412 e. The van der Waals surface area contributed by atoms with Crippen molar-refractivity contribution in [3.05, 3.63) is 133 Å². The van der Waals surface area contributed by atoms with Crippen LogP contribution < -0.4 is 19.5 Å². The maximum Gasteiger partial charge on any atom is 0.412 e. The highest BCUT2D eigenvalue weighted by Crippen LogP contribution is 2.68. The molecule has 16 heteroatoms. The molecule has 1 spiro atoms. The monoisotopic (exact) mass is 886 g/mol. The fraction of sp³-hybridized carbons (Fsp3) is 0.426. The summed E-state index contributed by atoms with van der Waals surface area (Å²) in [5, 5.41) is 12.2. The molecule has 1 aliphatic heterocycles. The van der Waals surface area contributed by atoms with Gasteiger partial charge in [-0.1, -0.05) is 60.1 Å². The molecule has 3 saturated carbocycles. The lowest BCUT2D eigenvalue weighted by Crippen LogP contribution is -2.69. The zero-order chi connectivity index (χ0) is 44.4. The number of halogens is 3. The van der Waals surface area contributed by atoms with Crippen molar-refractivity contribution in [3.63, 3.8) is 0 Å². The first kappa shape index (κ1) is 43.7. The Hall–Kier alpha value is -5.96. The van der Waals surface area contributed by atoms with Crippen LogP contribution in [0.25, 0.3) is 0 Å². The number of carbonyl (C=O) groups is 3.